The van der Waals surface area contributed by atoms with Gasteiger partial charge in [-0.2, -0.15) is 12.7 Å². The first kappa shape index (κ1) is 15.2. The SMILES string of the molecule is NS(=O)(=O)c1cccc(NS(=O)(=O)N2CCCCC2)c1. The molecule has 1 heterocycles. The van der Waals surface area contributed by atoms with Gasteiger partial charge in [-0.3, -0.25) is 4.72 Å². The molecule has 1 aliphatic heterocycles. The summed E-state index contributed by atoms with van der Waals surface area (Å²) in [6.45, 7) is 0.953. The van der Waals surface area contributed by atoms with E-state index in [1.807, 2.05) is 0 Å². The predicted molar refractivity (Wildman–Crippen MR) is 75.8 cm³/mol. The fraction of sp³-hybridized carbons (Fsp3) is 0.455. The molecule has 7 nitrogen and oxygen atoms in total. The summed E-state index contributed by atoms with van der Waals surface area (Å²) in [5.41, 5.74) is 0.182. The van der Waals surface area contributed by atoms with Crippen molar-refractivity contribution in [1.29, 1.82) is 0 Å². The molecule has 1 aromatic carbocycles. The number of nitrogens with zero attached hydrogens (tertiary/aromatic N) is 1. The third-order valence-corrected chi connectivity index (χ3v) is 5.51. The van der Waals surface area contributed by atoms with E-state index in [2.05, 4.69) is 4.72 Å². The molecular formula is C11H17N3O4S2. The second-order valence-corrected chi connectivity index (χ2v) is 7.87. The molecule has 3 N–H and O–H groups in total. The van der Waals surface area contributed by atoms with Crippen LogP contribution in [-0.2, 0) is 20.2 Å². The molecular weight excluding hydrogens is 302 g/mol. The van der Waals surface area contributed by atoms with Crippen LogP contribution in [0, 0.1) is 0 Å². The Labute approximate surface area is 119 Å². The quantitative estimate of drug-likeness (QED) is 0.841. The zero-order valence-corrected chi connectivity index (χ0v) is 12.5. The number of sulfonamides is 1. The highest BCUT2D eigenvalue weighted by molar-refractivity contribution is 7.90. The van der Waals surface area contributed by atoms with Gasteiger partial charge in [-0.1, -0.05) is 12.5 Å². The Bertz CT molecular complexity index is 679. The Balaban J connectivity index is 2.21. The van der Waals surface area contributed by atoms with E-state index in [0.717, 1.165) is 19.3 Å². The summed E-state index contributed by atoms with van der Waals surface area (Å²) in [4.78, 5) is -0.128. The molecule has 0 radical (unpaired) electrons. The number of piperidine rings is 1. The van der Waals surface area contributed by atoms with E-state index in [1.54, 1.807) is 0 Å². The Morgan fingerprint density at radius 3 is 2.30 bits per heavy atom. The van der Waals surface area contributed by atoms with Crippen molar-refractivity contribution in [2.75, 3.05) is 17.8 Å². The fourth-order valence-electron chi connectivity index (χ4n) is 2.06. The number of hydrogen-bond donors (Lipinski definition) is 2. The van der Waals surface area contributed by atoms with Crippen LogP contribution < -0.4 is 9.86 Å². The lowest BCUT2D eigenvalue weighted by molar-refractivity contribution is 0.349. The van der Waals surface area contributed by atoms with Crippen LogP contribution in [0.15, 0.2) is 29.2 Å². The van der Waals surface area contributed by atoms with Gasteiger partial charge < -0.3 is 0 Å². The van der Waals surface area contributed by atoms with Gasteiger partial charge in [0.1, 0.15) is 0 Å². The molecule has 1 fully saturated rings. The first-order chi connectivity index (χ1) is 9.29. The largest absolute Gasteiger partial charge is 0.301 e. The molecule has 0 aliphatic carbocycles. The van der Waals surface area contributed by atoms with Crippen LogP contribution in [0.3, 0.4) is 0 Å². The molecule has 1 aliphatic rings. The van der Waals surface area contributed by atoms with E-state index in [4.69, 9.17) is 5.14 Å². The highest BCUT2D eigenvalue weighted by Crippen LogP contribution is 2.19. The van der Waals surface area contributed by atoms with Gasteiger partial charge in [-0.25, -0.2) is 13.6 Å². The highest BCUT2D eigenvalue weighted by atomic mass is 32.2. The number of nitrogens with one attached hydrogen (secondary N) is 1. The van der Waals surface area contributed by atoms with Gasteiger partial charge in [0.15, 0.2) is 0 Å². The molecule has 1 aromatic rings. The minimum Gasteiger partial charge on any atom is -0.271 e. The summed E-state index contributed by atoms with van der Waals surface area (Å²) in [5, 5.41) is 5.02. The molecule has 0 amide bonds. The lowest BCUT2D eigenvalue weighted by atomic mass is 10.2. The summed E-state index contributed by atoms with van der Waals surface area (Å²) in [6, 6.07) is 5.44. The average Bonchev–Trinajstić information content (AvgIpc) is 2.38. The Kier molecular flexibility index (Phi) is 4.33. The Morgan fingerprint density at radius 2 is 1.70 bits per heavy atom. The Hall–Kier alpha value is -1.16. The molecule has 0 atom stereocenters. The van der Waals surface area contributed by atoms with Crippen molar-refractivity contribution in [3.8, 4) is 0 Å². The number of nitrogens with two attached hydrogens (primary N) is 1. The van der Waals surface area contributed by atoms with Gasteiger partial charge in [0.25, 0.3) is 0 Å². The first-order valence-electron chi connectivity index (χ1n) is 6.20. The summed E-state index contributed by atoms with van der Waals surface area (Å²) in [7, 11) is -7.51. The lowest BCUT2D eigenvalue weighted by Crippen LogP contribution is -2.39. The van der Waals surface area contributed by atoms with E-state index in [-0.39, 0.29) is 10.6 Å². The van der Waals surface area contributed by atoms with Crippen LogP contribution in [0.25, 0.3) is 0 Å². The third kappa shape index (κ3) is 3.69. The molecule has 0 saturated carbocycles. The zero-order valence-electron chi connectivity index (χ0n) is 10.8. The molecule has 1 saturated heterocycles. The number of hydrogen-bond acceptors (Lipinski definition) is 4. The van der Waals surface area contributed by atoms with Crippen LogP contribution >= 0.6 is 0 Å². The number of primary sulfonamides is 1. The average molecular weight is 319 g/mol. The van der Waals surface area contributed by atoms with E-state index < -0.39 is 20.2 Å². The van der Waals surface area contributed by atoms with Gasteiger partial charge in [0.2, 0.25) is 10.0 Å². The molecule has 0 unspecified atom stereocenters. The summed E-state index contributed by atoms with van der Waals surface area (Å²) in [6.07, 6.45) is 2.68. The molecule has 0 bridgehead atoms. The van der Waals surface area contributed by atoms with Crippen molar-refractivity contribution in [3.05, 3.63) is 24.3 Å². The second kappa shape index (κ2) is 5.68. The van der Waals surface area contributed by atoms with Gasteiger partial charge in [-0.15, -0.1) is 0 Å². The van der Waals surface area contributed by atoms with Crippen molar-refractivity contribution in [2.45, 2.75) is 24.2 Å². The van der Waals surface area contributed by atoms with Gasteiger partial charge in [0.05, 0.1) is 10.6 Å². The van der Waals surface area contributed by atoms with Crippen LogP contribution in [0.2, 0.25) is 0 Å². The Morgan fingerprint density at radius 1 is 1.05 bits per heavy atom. The topological polar surface area (TPSA) is 110 Å². The zero-order chi connectivity index (χ0) is 14.8. The summed E-state index contributed by atoms with van der Waals surface area (Å²) < 4.78 is 50.5. The van der Waals surface area contributed by atoms with Crippen LogP contribution in [0.4, 0.5) is 5.69 Å². The minimum atomic E-state index is -3.85. The third-order valence-electron chi connectivity index (χ3n) is 3.06. The van der Waals surface area contributed by atoms with Gasteiger partial charge in [0, 0.05) is 13.1 Å². The van der Waals surface area contributed by atoms with E-state index >= 15 is 0 Å². The van der Waals surface area contributed by atoms with E-state index in [9.17, 15) is 16.8 Å². The van der Waals surface area contributed by atoms with Crippen molar-refractivity contribution >= 4 is 25.9 Å². The standard InChI is InChI=1S/C11H17N3O4S2/c12-19(15,16)11-6-4-5-10(9-11)13-20(17,18)14-7-2-1-3-8-14/h4-6,9,13H,1-3,7-8H2,(H2,12,15,16). The van der Waals surface area contributed by atoms with E-state index in [0.29, 0.717) is 13.1 Å². The van der Waals surface area contributed by atoms with Crippen LogP contribution in [0.1, 0.15) is 19.3 Å². The second-order valence-electron chi connectivity index (χ2n) is 4.64. The van der Waals surface area contributed by atoms with Crippen molar-refractivity contribution in [3.63, 3.8) is 0 Å². The summed E-state index contributed by atoms with van der Waals surface area (Å²) in [5.74, 6) is 0. The molecule has 0 aromatic heterocycles. The maximum atomic E-state index is 12.2. The molecule has 112 valence electrons. The predicted octanol–water partition coefficient (Wildman–Crippen LogP) is 0.477. The highest BCUT2D eigenvalue weighted by Gasteiger charge is 2.24. The monoisotopic (exact) mass is 319 g/mol. The van der Waals surface area contributed by atoms with Crippen molar-refractivity contribution in [1.82, 2.24) is 4.31 Å². The van der Waals surface area contributed by atoms with Gasteiger partial charge >= 0.3 is 10.2 Å². The molecule has 2 rings (SSSR count). The molecule has 9 heteroatoms. The lowest BCUT2D eigenvalue weighted by Gasteiger charge is -2.26. The van der Waals surface area contributed by atoms with Gasteiger partial charge in [-0.05, 0) is 31.0 Å². The molecule has 20 heavy (non-hydrogen) atoms. The first-order valence-corrected chi connectivity index (χ1v) is 9.18. The maximum absolute atomic E-state index is 12.2. The number of rotatable bonds is 4. The number of anilines is 1. The minimum absolute atomic E-state index is 0.128. The normalized spacial score (nSPS) is 17.9. The van der Waals surface area contributed by atoms with Crippen molar-refractivity contribution in [2.24, 2.45) is 5.14 Å². The maximum Gasteiger partial charge on any atom is 0.301 e. The van der Waals surface area contributed by atoms with Crippen LogP contribution in [-0.4, -0.2) is 34.2 Å². The smallest absolute Gasteiger partial charge is 0.271 e. The van der Waals surface area contributed by atoms with Crippen LogP contribution in [0.5, 0.6) is 0 Å². The van der Waals surface area contributed by atoms with E-state index in [1.165, 1.54) is 28.6 Å². The fourth-order valence-corrected chi connectivity index (χ4v) is 3.91. The molecule has 0 spiro atoms. The van der Waals surface area contributed by atoms with Crippen molar-refractivity contribution < 1.29 is 16.8 Å². The summed E-state index contributed by atoms with van der Waals surface area (Å²) >= 11 is 0. The number of benzene rings is 1.